The Morgan fingerprint density at radius 3 is 2.52 bits per heavy atom. The molecule has 2 aromatic rings. The molecule has 1 heterocycles. The number of morpholine rings is 1. The largest absolute Gasteiger partial charge is 0.496 e. The quantitative estimate of drug-likeness (QED) is 0.557. The van der Waals surface area contributed by atoms with Crippen molar-refractivity contribution in [3.8, 4) is 5.75 Å². The Kier molecular flexibility index (Phi) is 7.90. The van der Waals surface area contributed by atoms with Gasteiger partial charge in [0, 0.05) is 39.8 Å². The number of aliphatic imine (C=N–C) groups is 1. The maximum atomic E-state index is 5.46. The Bertz CT molecular complexity index is 816. The fourth-order valence-electron chi connectivity index (χ4n) is 3.44. The minimum Gasteiger partial charge on any atom is -0.496 e. The van der Waals surface area contributed by atoms with Gasteiger partial charge >= 0.3 is 0 Å². The van der Waals surface area contributed by atoms with Gasteiger partial charge in [-0.3, -0.25) is 9.89 Å². The van der Waals surface area contributed by atoms with Crippen molar-refractivity contribution in [1.82, 2.24) is 15.5 Å². The summed E-state index contributed by atoms with van der Waals surface area (Å²) in [6.45, 7) is 8.04. The molecule has 0 atom stereocenters. The minimum absolute atomic E-state index is 0.686. The number of nitrogens with zero attached hydrogens (tertiary/aromatic N) is 2. The van der Waals surface area contributed by atoms with Crippen LogP contribution in [0.4, 0.5) is 0 Å². The van der Waals surface area contributed by atoms with Gasteiger partial charge in [-0.25, -0.2) is 0 Å². The van der Waals surface area contributed by atoms with Gasteiger partial charge in [-0.2, -0.15) is 0 Å². The Balaban J connectivity index is 1.55. The van der Waals surface area contributed by atoms with Gasteiger partial charge in [0.25, 0.3) is 0 Å². The molecule has 1 aliphatic heterocycles. The third-order valence-electron chi connectivity index (χ3n) is 5.22. The second-order valence-electron chi connectivity index (χ2n) is 7.24. The average Bonchev–Trinajstić information content (AvgIpc) is 2.76. The van der Waals surface area contributed by atoms with E-state index in [1.807, 2.05) is 6.92 Å². The highest BCUT2D eigenvalue weighted by atomic mass is 16.5. The zero-order chi connectivity index (χ0) is 20.5. The predicted molar refractivity (Wildman–Crippen MR) is 117 cm³/mol. The summed E-state index contributed by atoms with van der Waals surface area (Å²) < 4.78 is 10.9. The van der Waals surface area contributed by atoms with Crippen LogP contribution in [0.15, 0.2) is 47.5 Å². The molecule has 156 valence electrons. The van der Waals surface area contributed by atoms with Crippen LogP contribution in [-0.2, 0) is 24.4 Å². The fraction of sp³-hybridized carbons (Fsp3) is 0.435. The standard InChI is InChI=1S/C23H32N4O2/c1-18-8-9-19(14-22(18)28-3)15-25-23(24-2)26-16-20-6-4-5-7-21(20)17-27-10-12-29-13-11-27/h4-9,14H,10-13,15-17H2,1-3H3,(H2,24,25,26). The van der Waals surface area contributed by atoms with E-state index < -0.39 is 0 Å². The summed E-state index contributed by atoms with van der Waals surface area (Å²) in [5.41, 5.74) is 4.93. The van der Waals surface area contributed by atoms with E-state index in [-0.39, 0.29) is 0 Å². The molecule has 1 fully saturated rings. The first-order chi connectivity index (χ1) is 14.2. The highest BCUT2D eigenvalue weighted by Crippen LogP contribution is 2.18. The first kappa shape index (κ1) is 21.1. The number of ether oxygens (including phenoxy) is 2. The molecule has 3 rings (SSSR count). The number of hydrogen-bond donors (Lipinski definition) is 2. The third-order valence-corrected chi connectivity index (χ3v) is 5.22. The maximum Gasteiger partial charge on any atom is 0.191 e. The molecule has 6 nitrogen and oxygen atoms in total. The lowest BCUT2D eigenvalue weighted by Gasteiger charge is -2.27. The highest BCUT2D eigenvalue weighted by molar-refractivity contribution is 5.79. The van der Waals surface area contributed by atoms with Crippen molar-refractivity contribution >= 4 is 5.96 Å². The van der Waals surface area contributed by atoms with Gasteiger partial charge in [0.1, 0.15) is 5.75 Å². The monoisotopic (exact) mass is 396 g/mol. The van der Waals surface area contributed by atoms with E-state index in [1.54, 1.807) is 14.2 Å². The molecular weight excluding hydrogens is 364 g/mol. The van der Waals surface area contributed by atoms with Gasteiger partial charge < -0.3 is 20.1 Å². The molecule has 1 saturated heterocycles. The van der Waals surface area contributed by atoms with Gasteiger partial charge in [-0.05, 0) is 35.2 Å². The molecular formula is C23H32N4O2. The van der Waals surface area contributed by atoms with Crippen LogP contribution >= 0.6 is 0 Å². The topological polar surface area (TPSA) is 58.1 Å². The minimum atomic E-state index is 0.686. The van der Waals surface area contributed by atoms with Crippen molar-refractivity contribution in [3.05, 3.63) is 64.7 Å². The molecule has 0 aromatic heterocycles. The molecule has 0 amide bonds. The lowest BCUT2D eigenvalue weighted by atomic mass is 10.1. The number of hydrogen-bond acceptors (Lipinski definition) is 4. The average molecular weight is 397 g/mol. The van der Waals surface area contributed by atoms with Crippen LogP contribution in [0.5, 0.6) is 5.75 Å². The third kappa shape index (κ3) is 6.21. The van der Waals surface area contributed by atoms with E-state index in [0.29, 0.717) is 6.54 Å². The molecule has 0 radical (unpaired) electrons. The number of guanidine groups is 1. The SMILES string of the molecule is CN=C(NCc1ccc(C)c(OC)c1)NCc1ccccc1CN1CCOCC1. The second-order valence-corrected chi connectivity index (χ2v) is 7.24. The summed E-state index contributed by atoms with van der Waals surface area (Å²) in [6, 6.07) is 14.8. The van der Waals surface area contributed by atoms with Gasteiger partial charge in [-0.15, -0.1) is 0 Å². The van der Waals surface area contributed by atoms with Crippen LogP contribution < -0.4 is 15.4 Å². The summed E-state index contributed by atoms with van der Waals surface area (Å²) in [5, 5.41) is 6.82. The van der Waals surface area contributed by atoms with Gasteiger partial charge in [0.15, 0.2) is 5.96 Å². The lowest BCUT2D eigenvalue weighted by molar-refractivity contribution is 0.0341. The van der Waals surface area contributed by atoms with Crippen LogP contribution in [0.3, 0.4) is 0 Å². The van der Waals surface area contributed by atoms with Crippen LogP contribution in [0, 0.1) is 6.92 Å². The lowest BCUT2D eigenvalue weighted by Crippen LogP contribution is -2.37. The first-order valence-electron chi connectivity index (χ1n) is 10.1. The van der Waals surface area contributed by atoms with Crippen LogP contribution in [0.1, 0.15) is 22.3 Å². The number of benzene rings is 2. The van der Waals surface area contributed by atoms with Gasteiger partial charge in [0.2, 0.25) is 0 Å². The summed E-state index contributed by atoms with van der Waals surface area (Å²) in [7, 11) is 3.50. The first-order valence-corrected chi connectivity index (χ1v) is 10.1. The normalized spacial score (nSPS) is 15.2. The zero-order valence-electron chi connectivity index (χ0n) is 17.7. The summed E-state index contributed by atoms with van der Waals surface area (Å²) >= 11 is 0. The zero-order valence-corrected chi connectivity index (χ0v) is 17.7. The molecule has 0 saturated carbocycles. The Morgan fingerprint density at radius 2 is 1.79 bits per heavy atom. The van der Waals surface area contributed by atoms with Crippen LogP contribution in [0.25, 0.3) is 0 Å². The molecule has 6 heteroatoms. The highest BCUT2D eigenvalue weighted by Gasteiger charge is 2.13. The molecule has 2 aromatic carbocycles. The molecule has 0 spiro atoms. The number of nitrogens with one attached hydrogen (secondary N) is 2. The number of rotatable bonds is 7. The Hall–Kier alpha value is -2.57. The summed E-state index contributed by atoms with van der Waals surface area (Å²) in [4.78, 5) is 6.80. The van der Waals surface area contributed by atoms with E-state index in [0.717, 1.165) is 62.2 Å². The molecule has 29 heavy (non-hydrogen) atoms. The predicted octanol–water partition coefficient (Wildman–Crippen LogP) is 2.70. The smallest absolute Gasteiger partial charge is 0.191 e. The molecule has 0 bridgehead atoms. The molecule has 0 unspecified atom stereocenters. The fourth-order valence-corrected chi connectivity index (χ4v) is 3.44. The van der Waals surface area contributed by atoms with Gasteiger partial charge in [-0.1, -0.05) is 36.4 Å². The maximum absolute atomic E-state index is 5.46. The summed E-state index contributed by atoms with van der Waals surface area (Å²) in [5.74, 6) is 1.69. The van der Waals surface area contributed by atoms with Crippen molar-refractivity contribution in [2.24, 2.45) is 4.99 Å². The molecule has 1 aliphatic rings. The van der Waals surface area contributed by atoms with E-state index >= 15 is 0 Å². The number of methoxy groups -OCH3 is 1. The Morgan fingerprint density at radius 1 is 1.07 bits per heavy atom. The molecule has 2 N–H and O–H groups in total. The van der Waals surface area contributed by atoms with Crippen LogP contribution in [0.2, 0.25) is 0 Å². The van der Waals surface area contributed by atoms with E-state index in [1.165, 1.54) is 11.1 Å². The second kappa shape index (κ2) is 10.8. The van der Waals surface area contributed by atoms with Crippen molar-refractivity contribution in [3.63, 3.8) is 0 Å². The van der Waals surface area contributed by atoms with Crippen LogP contribution in [-0.4, -0.2) is 51.3 Å². The van der Waals surface area contributed by atoms with Crippen molar-refractivity contribution in [2.75, 3.05) is 40.5 Å². The van der Waals surface area contributed by atoms with Crippen molar-refractivity contribution < 1.29 is 9.47 Å². The Labute approximate surface area is 173 Å². The summed E-state index contributed by atoms with van der Waals surface area (Å²) in [6.07, 6.45) is 0. The van der Waals surface area contributed by atoms with E-state index in [9.17, 15) is 0 Å². The van der Waals surface area contributed by atoms with E-state index in [4.69, 9.17) is 9.47 Å². The number of aryl methyl sites for hydroxylation is 1. The van der Waals surface area contributed by atoms with Crippen molar-refractivity contribution in [1.29, 1.82) is 0 Å². The molecule has 0 aliphatic carbocycles. The van der Waals surface area contributed by atoms with Gasteiger partial charge in [0.05, 0.1) is 20.3 Å². The van der Waals surface area contributed by atoms with E-state index in [2.05, 4.69) is 63.0 Å². The van der Waals surface area contributed by atoms with Crippen molar-refractivity contribution in [2.45, 2.75) is 26.6 Å².